The van der Waals surface area contributed by atoms with Gasteiger partial charge in [0.1, 0.15) is 12.1 Å². The number of β-amino-alcohol motifs (C(OH)–C–C–N with tert-alkyl or cyclic N) is 1. The van der Waals surface area contributed by atoms with Gasteiger partial charge in [-0.2, -0.15) is 0 Å². The largest absolute Gasteiger partial charge is 0.466 e. The molecule has 1 spiro atoms. The Morgan fingerprint density at radius 1 is 1.03 bits per heavy atom. The number of amides is 3. The van der Waals surface area contributed by atoms with Crippen LogP contribution in [0.15, 0.2) is 29.8 Å². The molecule has 3 amide bonds. The van der Waals surface area contributed by atoms with E-state index in [1.54, 1.807) is 11.3 Å². The van der Waals surface area contributed by atoms with Crippen LogP contribution in [0.2, 0.25) is 0 Å². The van der Waals surface area contributed by atoms with Gasteiger partial charge >= 0.3 is 5.97 Å². The number of fused-ring (bicyclic) bond motifs is 2. The number of ether oxygens (including phenoxy) is 4. The Kier molecular flexibility index (Phi) is 14.5. The topological polar surface area (TPSA) is 184 Å². The number of hydrogen-bond donors (Lipinski definition) is 3. The Labute approximate surface area is 369 Å². The van der Waals surface area contributed by atoms with Gasteiger partial charge in [0.05, 0.1) is 41.5 Å². The summed E-state index contributed by atoms with van der Waals surface area (Å²) < 4.78 is 24.3. The molecule has 3 N–H and O–H groups in total. The summed E-state index contributed by atoms with van der Waals surface area (Å²) in [5.41, 5.74) is 3.42. The average molecular weight is 883 g/mol. The van der Waals surface area contributed by atoms with E-state index in [1.807, 2.05) is 64.4 Å². The smallest absolute Gasteiger partial charge is 0.305 e. The number of thiazole rings is 1. The van der Waals surface area contributed by atoms with Crippen molar-refractivity contribution >= 4 is 35.0 Å². The van der Waals surface area contributed by atoms with Gasteiger partial charge in [0.25, 0.3) is 0 Å². The molecule has 6 fully saturated rings. The van der Waals surface area contributed by atoms with E-state index in [0.29, 0.717) is 24.7 Å². The molecule has 1 saturated carbocycles. The molecule has 1 aromatic heterocycles. The zero-order valence-electron chi connectivity index (χ0n) is 37.3. The van der Waals surface area contributed by atoms with Crippen molar-refractivity contribution in [3.8, 4) is 10.4 Å². The first-order valence-corrected chi connectivity index (χ1v) is 23.4. The van der Waals surface area contributed by atoms with E-state index >= 15 is 0 Å². The Balaban J connectivity index is 0.805. The van der Waals surface area contributed by atoms with Crippen LogP contribution in [0.3, 0.4) is 0 Å². The molecule has 1 aromatic carbocycles. The van der Waals surface area contributed by atoms with E-state index in [0.717, 1.165) is 47.4 Å². The summed E-state index contributed by atoms with van der Waals surface area (Å²) in [6.45, 7) is 14.7. The number of benzene rings is 1. The van der Waals surface area contributed by atoms with Gasteiger partial charge in [-0.25, -0.2) is 14.8 Å². The number of carbonyl (C=O) groups is 4. The molecule has 62 heavy (non-hydrogen) atoms. The molecule has 15 nitrogen and oxygen atoms in total. The zero-order valence-corrected chi connectivity index (χ0v) is 38.1. The average Bonchev–Trinajstić information content (AvgIpc) is 3.77. The number of aromatic nitrogens is 1. The highest BCUT2D eigenvalue weighted by Crippen LogP contribution is 2.60. The van der Waals surface area contributed by atoms with Crippen LogP contribution in [0, 0.1) is 36.0 Å². The fourth-order valence-corrected chi connectivity index (χ4v) is 11.1. The quantitative estimate of drug-likeness (QED) is 0.108. The van der Waals surface area contributed by atoms with Crippen molar-refractivity contribution in [3.63, 3.8) is 0 Å². The predicted molar refractivity (Wildman–Crippen MR) is 229 cm³/mol. The van der Waals surface area contributed by atoms with Crippen LogP contribution < -0.4 is 10.6 Å². The molecule has 6 heterocycles. The summed E-state index contributed by atoms with van der Waals surface area (Å²) in [5, 5.41) is 16.3. The van der Waals surface area contributed by atoms with Crippen LogP contribution in [0.4, 0.5) is 0 Å². The lowest BCUT2D eigenvalue weighted by molar-refractivity contribution is -0.571. The monoisotopic (exact) mass is 882 g/mol. The summed E-state index contributed by atoms with van der Waals surface area (Å²) in [6.07, 6.45) is 3.57. The van der Waals surface area contributed by atoms with Gasteiger partial charge in [-0.15, -0.1) is 11.3 Å². The first-order chi connectivity index (χ1) is 29.5. The van der Waals surface area contributed by atoms with Crippen molar-refractivity contribution in [2.45, 2.75) is 155 Å². The lowest BCUT2D eigenvalue weighted by Crippen LogP contribution is -2.70. The molecule has 11 atom stereocenters. The summed E-state index contributed by atoms with van der Waals surface area (Å²) in [5.74, 6) is -1.17. The van der Waals surface area contributed by atoms with Crippen LogP contribution in [-0.2, 0) is 54.4 Å². The Hall–Kier alpha value is -3.51. The van der Waals surface area contributed by atoms with Gasteiger partial charge in [-0.1, -0.05) is 58.9 Å². The lowest BCUT2D eigenvalue weighted by atomic mass is 9.57. The molecule has 16 heteroatoms. The Morgan fingerprint density at radius 2 is 1.81 bits per heavy atom. The van der Waals surface area contributed by atoms with Crippen molar-refractivity contribution in [3.05, 3.63) is 41.0 Å². The number of rotatable bonds is 16. The third-order valence-electron chi connectivity index (χ3n) is 13.8. The van der Waals surface area contributed by atoms with Crippen LogP contribution in [0.5, 0.6) is 0 Å². The van der Waals surface area contributed by atoms with Gasteiger partial charge in [0.15, 0.2) is 11.9 Å². The number of aliphatic hydroxyl groups excluding tert-OH is 1. The third-order valence-corrected chi connectivity index (χ3v) is 14.8. The second kappa shape index (κ2) is 19.3. The van der Waals surface area contributed by atoms with Crippen molar-refractivity contribution in [1.29, 1.82) is 0 Å². The van der Waals surface area contributed by atoms with E-state index in [1.165, 1.54) is 4.90 Å². The van der Waals surface area contributed by atoms with E-state index in [9.17, 15) is 24.3 Å². The first kappa shape index (κ1) is 46.5. The van der Waals surface area contributed by atoms with Crippen molar-refractivity contribution in [2.24, 2.45) is 29.1 Å². The number of hydrogen-bond acceptors (Lipinski definition) is 13. The molecular formula is C46H66N4O11S. The van der Waals surface area contributed by atoms with E-state index < -0.39 is 47.2 Å². The van der Waals surface area contributed by atoms with Crippen LogP contribution in [0.25, 0.3) is 10.4 Å². The maximum absolute atomic E-state index is 14.0. The van der Waals surface area contributed by atoms with Gasteiger partial charge in [0.2, 0.25) is 23.5 Å². The van der Waals surface area contributed by atoms with Gasteiger partial charge in [-0.05, 0) is 73.8 Å². The molecule has 2 aromatic rings. The lowest BCUT2D eigenvalue weighted by Gasteiger charge is -2.60. The summed E-state index contributed by atoms with van der Waals surface area (Å²) in [7, 11) is 0. The van der Waals surface area contributed by atoms with Crippen molar-refractivity contribution in [1.82, 2.24) is 20.5 Å². The van der Waals surface area contributed by atoms with Crippen molar-refractivity contribution < 1.29 is 53.0 Å². The summed E-state index contributed by atoms with van der Waals surface area (Å²) in [4.78, 5) is 72.1. The fraction of sp³-hybridized carbons (Fsp3) is 0.717. The number of likely N-dealkylation sites (tertiary alicyclic amines) is 1. The van der Waals surface area contributed by atoms with Crippen LogP contribution in [-0.4, -0.2) is 107 Å². The number of aliphatic hydroxyl groups is 1. The second-order valence-electron chi connectivity index (χ2n) is 19.4. The standard InChI is InChI=1S/C46H66N4O11S/c1-27-10-15-34-28(2)36(58-43-46(34)33(27)16-19-45(7,59-43)60-61-46)17-22-57-38(53)9-8-20-56-21-18-37(52)49-40(44(4,5)6)42(55)50-25-32(51)23-35(50)41(54)47-24-30-11-13-31(14-12-30)39-29(3)48-26-62-39/h11-14,26-28,32-36,40,43,51H,8-10,15-25H2,1-7H3,(H,47,54)(H,49,52). The number of esters is 1. The number of carbonyl (C=O) groups excluding carboxylic acids is 4. The van der Waals surface area contributed by atoms with Gasteiger partial charge in [-0.3, -0.25) is 19.2 Å². The number of nitrogens with one attached hydrogen (secondary N) is 2. The summed E-state index contributed by atoms with van der Waals surface area (Å²) >= 11 is 1.57. The van der Waals surface area contributed by atoms with Crippen LogP contribution in [0.1, 0.15) is 111 Å². The molecule has 11 unspecified atom stereocenters. The van der Waals surface area contributed by atoms with E-state index in [2.05, 4.69) is 29.5 Å². The number of nitrogens with zero attached hydrogens (tertiary/aromatic N) is 2. The molecular weight excluding hydrogens is 817 g/mol. The highest BCUT2D eigenvalue weighted by molar-refractivity contribution is 7.13. The SMILES string of the molecule is Cc1ncsc1-c1ccc(CNC(=O)C2CC(O)CN2C(=O)C(NC(=O)CCOCCCC(=O)OCCC2OC3OC4(C)CCC5C(C)CCC(C2C)C35OO4)C(C)(C)C)cc1. The minimum atomic E-state index is -0.944. The maximum atomic E-state index is 14.0. The first-order valence-electron chi connectivity index (χ1n) is 22.5. The fourth-order valence-electron chi connectivity index (χ4n) is 10.3. The molecule has 2 bridgehead atoms. The Bertz CT molecular complexity index is 1900. The molecule has 5 aliphatic heterocycles. The van der Waals surface area contributed by atoms with Gasteiger partial charge in [0, 0.05) is 57.7 Å². The maximum Gasteiger partial charge on any atom is 0.305 e. The molecule has 8 rings (SSSR count). The van der Waals surface area contributed by atoms with E-state index in [4.69, 9.17) is 28.7 Å². The molecule has 6 aliphatic rings. The molecule has 342 valence electrons. The van der Waals surface area contributed by atoms with Gasteiger partial charge < -0.3 is 39.6 Å². The second-order valence-corrected chi connectivity index (χ2v) is 20.2. The Morgan fingerprint density at radius 3 is 2.53 bits per heavy atom. The highest BCUT2D eigenvalue weighted by Gasteiger charge is 2.69. The minimum absolute atomic E-state index is 0.000731. The molecule has 5 saturated heterocycles. The zero-order chi connectivity index (χ0) is 44.4. The minimum Gasteiger partial charge on any atom is -0.466 e. The molecule has 0 radical (unpaired) electrons. The third kappa shape index (κ3) is 10.1. The van der Waals surface area contributed by atoms with E-state index in [-0.39, 0.29) is 87.9 Å². The molecule has 1 aliphatic carbocycles. The number of aryl methyl sites for hydroxylation is 1. The normalized spacial score (nSPS) is 32.1. The highest BCUT2D eigenvalue weighted by atomic mass is 32.1. The predicted octanol–water partition coefficient (Wildman–Crippen LogP) is 5.60. The van der Waals surface area contributed by atoms with Crippen LogP contribution >= 0.6 is 11.3 Å². The summed E-state index contributed by atoms with van der Waals surface area (Å²) in [6, 6.07) is 6.05. The van der Waals surface area contributed by atoms with Crippen molar-refractivity contribution in [2.75, 3.05) is 26.4 Å².